The average Bonchev–Trinajstić information content (AvgIpc) is 3.07. The molecule has 140 valence electrons. The van der Waals surface area contributed by atoms with Crippen LogP contribution in [-0.4, -0.2) is 49.2 Å². The van der Waals surface area contributed by atoms with Crippen LogP contribution in [0.25, 0.3) is 10.9 Å². The molecule has 1 N–H and O–H groups in total. The van der Waals surface area contributed by atoms with E-state index >= 15 is 0 Å². The van der Waals surface area contributed by atoms with Crippen LogP contribution in [0.1, 0.15) is 10.5 Å². The molecular weight excluding hydrogens is 384 g/mol. The number of nitrogens with one attached hydrogen (secondary N) is 1. The Hall–Kier alpha value is -2.15. The van der Waals surface area contributed by atoms with E-state index < -0.39 is 0 Å². The molecule has 1 aromatic heterocycles. The quantitative estimate of drug-likeness (QED) is 0.700. The van der Waals surface area contributed by atoms with Gasteiger partial charge >= 0.3 is 0 Å². The summed E-state index contributed by atoms with van der Waals surface area (Å²) in [4.78, 5) is 20.2. The summed E-state index contributed by atoms with van der Waals surface area (Å²) >= 11 is 7.56. The molecule has 1 fully saturated rings. The van der Waals surface area contributed by atoms with Crippen molar-refractivity contribution >= 4 is 40.2 Å². The van der Waals surface area contributed by atoms with E-state index in [1.807, 2.05) is 47.4 Å². The number of amides is 1. The summed E-state index contributed by atoms with van der Waals surface area (Å²) in [5.74, 6) is 0.738. The Morgan fingerprint density at radius 1 is 1.19 bits per heavy atom. The number of nitrogens with zero attached hydrogens (tertiary/aromatic N) is 1. The van der Waals surface area contributed by atoms with E-state index in [0.717, 1.165) is 26.4 Å². The molecule has 5 nitrogen and oxygen atoms in total. The van der Waals surface area contributed by atoms with Crippen LogP contribution in [0.4, 0.5) is 0 Å². The molecule has 27 heavy (non-hydrogen) atoms. The van der Waals surface area contributed by atoms with Crippen molar-refractivity contribution in [2.75, 3.05) is 33.4 Å². The molecule has 4 rings (SSSR count). The van der Waals surface area contributed by atoms with Crippen LogP contribution >= 0.6 is 23.4 Å². The van der Waals surface area contributed by atoms with Gasteiger partial charge < -0.3 is 19.4 Å². The van der Waals surface area contributed by atoms with Gasteiger partial charge in [-0.3, -0.25) is 4.79 Å². The highest BCUT2D eigenvalue weighted by molar-refractivity contribution is 7.99. The molecule has 0 unspecified atom stereocenters. The maximum atomic E-state index is 13.2. The Labute approximate surface area is 166 Å². The zero-order chi connectivity index (χ0) is 18.8. The number of aromatic nitrogens is 1. The Morgan fingerprint density at radius 3 is 2.63 bits per heavy atom. The fraction of sp³-hybridized carbons (Fsp3) is 0.250. The Kier molecular flexibility index (Phi) is 5.29. The predicted molar refractivity (Wildman–Crippen MR) is 107 cm³/mol. The number of hydrogen-bond donors (Lipinski definition) is 1. The van der Waals surface area contributed by atoms with Crippen molar-refractivity contribution in [3.05, 3.63) is 53.2 Å². The van der Waals surface area contributed by atoms with Crippen molar-refractivity contribution in [1.82, 2.24) is 9.88 Å². The van der Waals surface area contributed by atoms with E-state index in [2.05, 4.69) is 4.98 Å². The van der Waals surface area contributed by atoms with Gasteiger partial charge in [0.2, 0.25) is 0 Å². The number of aromatic amines is 1. The molecule has 1 aliphatic rings. The SMILES string of the molecule is COc1ccc2c(Sc3ccc(Cl)cc3)c(C(=O)N3CCOCC3)[nH]c2c1. The first-order valence-electron chi connectivity index (χ1n) is 8.66. The number of rotatable bonds is 4. The number of methoxy groups -OCH3 is 1. The molecule has 2 aromatic carbocycles. The second-order valence-corrected chi connectivity index (χ2v) is 7.72. The van der Waals surface area contributed by atoms with E-state index in [4.69, 9.17) is 21.1 Å². The van der Waals surface area contributed by atoms with E-state index in [1.165, 1.54) is 0 Å². The Balaban J connectivity index is 1.77. The molecule has 0 bridgehead atoms. The van der Waals surface area contributed by atoms with Crippen LogP contribution in [-0.2, 0) is 4.74 Å². The molecule has 1 aliphatic heterocycles. The van der Waals surface area contributed by atoms with Gasteiger partial charge in [-0.25, -0.2) is 0 Å². The maximum absolute atomic E-state index is 13.2. The summed E-state index contributed by atoms with van der Waals surface area (Å²) in [6.07, 6.45) is 0. The first kappa shape index (κ1) is 18.2. The van der Waals surface area contributed by atoms with Gasteiger partial charge in [0.25, 0.3) is 5.91 Å². The number of hydrogen-bond acceptors (Lipinski definition) is 4. The lowest BCUT2D eigenvalue weighted by Crippen LogP contribution is -2.41. The largest absolute Gasteiger partial charge is 0.497 e. The second kappa shape index (κ2) is 7.84. The van der Waals surface area contributed by atoms with Crippen LogP contribution in [0.5, 0.6) is 5.75 Å². The number of fused-ring (bicyclic) bond motifs is 1. The van der Waals surface area contributed by atoms with Crippen LogP contribution in [0, 0.1) is 0 Å². The molecule has 0 atom stereocenters. The third-order valence-electron chi connectivity index (χ3n) is 4.50. The molecule has 7 heteroatoms. The standard InChI is InChI=1S/C20H19ClN2O3S/c1-25-14-4-7-16-17(12-14)22-18(20(24)23-8-10-26-11-9-23)19(16)27-15-5-2-13(21)3-6-15/h2-7,12,22H,8-11H2,1H3. The lowest BCUT2D eigenvalue weighted by molar-refractivity contribution is 0.0297. The van der Waals surface area contributed by atoms with Gasteiger partial charge in [0.05, 0.1) is 30.7 Å². The monoisotopic (exact) mass is 402 g/mol. The summed E-state index contributed by atoms with van der Waals surface area (Å²) in [7, 11) is 1.63. The van der Waals surface area contributed by atoms with Gasteiger partial charge in [0.1, 0.15) is 11.4 Å². The highest BCUT2D eigenvalue weighted by Gasteiger charge is 2.25. The first-order valence-corrected chi connectivity index (χ1v) is 9.85. The van der Waals surface area contributed by atoms with Crippen molar-refractivity contribution in [3.63, 3.8) is 0 Å². The number of carbonyl (C=O) groups excluding carboxylic acids is 1. The Morgan fingerprint density at radius 2 is 1.93 bits per heavy atom. The number of benzene rings is 2. The molecule has 0 spiro atoms. The van der Waals surface area contributed by atoms with Crippen molar-refractivity contribution in [1.29, 1.82) is 0 Å². The summed E-state index contributed by atoms with van der Waals surface area (Å²) in [6.45, 7) is 2.34. The minimum atomic E-state index is -0.00932. The van der Waals surface area contributed by atoms with Gasteiger partial charge in [-0.15, -0.1) is 0 Å². The number of H-pyrrole nitrogens is 1. The summed E-state index contributed by atoms with van der Waals surface area (Å²) in [5.41, 5.74) is 1.47. The minimum absolute atomic E-state index is 0.00932. The first-order chi connectivity index (χ1) is 13.2. The third kappa shape index (κ3) is 3.78. The van der Waals surface area contributed by atoms with Gasteiger partial charge in [-0.05, 0) is 36.4 Å². The van der Waals surface area contributed by atoms with Crippen molar-refractivity contribution in [2.45, 2.75) is 9.79 Å². The van der Waals surface area contributed by atoms with Crippen LogP contribution in [0.15, 0.2) is 52.3 Å². The molecule has 1 saturated heterocycles. The van der Waals surface area contributed by atoms with Crippen molar-refractivity contribution < 1.29 is 14.3 Å². The number of halogens is 1. The lowest BCUT2D eigenvalue weighted by Gasteiger charge is -2.26. The molecule has 3 aromatic rings. The molecule has 1 amide bonds. The molecule has 2 heterocycles. The zero-order valence-corrected chi connectivity index (χ0v) is 16.4. The van der Waals surface area contributed by atoms with Crippen molar-refractivity contribution in [3.8, 4) is 5.75 Å². The van der Waals surface area contributed by atoms with Gasteiger partial charge in [-0.1, -0.05) is 23.4 Å². The number of morpholine rings is 1. The van der Waals surface area contributed by atoms with Gasteiger partial charge in [0, 0.05) is 34.5 Å². The average molecular weight is 403 g/mol. The van der Waals surface area contributed by atoms with Crippen molar-refractivity contribution in [2.24, 2.45) is 0 Å². The van der Waals surface area contributed by atoms with E-state index in [0.29, 0.717) is 37.0 Å². The number of ether oxygens (including phenoxy) is 2. The van der Waals surface area contributed by atoms with E-state index in [-0.39, 0.29) is 5.91 Å². The van der Waals surface area contributed by atoms with E-state index in [9.17, 15) is 4.79 Å². The molecular formula is C20H19ClN2O3S. The summed E-state index contributed by atoms with van der Waals surface area (Å²) < 4.78 is 10.7. The highest BCUT2D eigenvalue weighted by atomic mass is 35.5. The van der Waals surface area contributed by atoms with Crippen LogP contribution in [0.3, 0.4) is 0 Å². The van der Waals surface area contributed by atoms with Gasteiger partial charge in [-0.2, -0.15) is 0 Å². The summed E-state index contributed by atoms with van der Waals surface area (Å²) in [6, 6.07) is 13.4. The minimum Gasteiger partial charge on any atom is -0.497 e. The lowest BCUT2D eigenvalue weighted by atomic mass is 10.2. The maximum Gasteiger partial charge on any atom is 0.271 e. The molecule has 0 aliphatic carbocycles. The van der Waals surface area contributed by atoms with Gasteiger partial charge in [0.15, 0.2) is 0 Å². The normalized spacial score (nSPS) is 14.5. The third-order valence-corrected chi connectivity index (χ3v) is 5.89. The molecule has 0 radical (unpaired) electrons. The topological polar surface area (TPSA) is 54.6 Å². The fourth-order valence-corrected chi connectivity index (χ4v) is 4.24. The second-order valence-electron chi connectivity index (χ2n) is 6.20. The summed E-state index contributed by atoms with van der Waals surface area (Å²) in [5, 5.41) is 1.68. The van der Waals surface area contributed by atoms with Crippen LogP contribution < -0.4 is 4.74 Å². The smallest absolute Gasteiger partial charge is 0.271 e. The Bertz CT molecular complexity index is 965. The number of carbonyl (C=O) groups is 1. The fourth-order valence-electron chi connectivity index (χ4n) is 3.08. The zero-order valence-electron chi connectivity index (χ0n) is 14.8. The molecule has 0 saturated carbocycles. The van der Waals surface area contributed by atoms with Crippen LogP contribution in [0.2, 0.25) is 5.02 Å². The van der Waals surface area contributed by atoms with E-state index in [1.54, 1.807) is 18.9 Å². The highest BCUT2D eigenvalue weighted by Crippen LogP contribution is 2.38. The predicted octanol–water partition coefficient (Wildman–Crippen LogP) is 4.45.